The minimum absolute atomic E-state index is 0.108. The van der Waals surface area contributed by atoms with Crippen LogP contribution in [0.4, 0.5) is 8.78 Å². The summed E-state index contributed by atoms with van der Waals surface area (Å²) in [6, 6.07) is 3.90. The molecule has 0 saturated heterocycles. The summed E-state index contributed by atoms with van der Waals surface area (Å²) in [6.45, 7) is 0.416. The number of hydrogen-bond acceptors (Lipinski definition) is 5. The first kappa shape index (κ1) is 18.2. The summed E-state index contributed by atoms with van der Waals surface area (Å²) in [5.41, 5.74) is 2.92. The van der Waals surface area contributed by atoms with Crippen LogP contribution in [-0.4, -0.2) is 41.9 Å². The van der Waals surface area contributed by atoms with Crippen LogP contribution in [0.5, 0.6) is 0 Å². The number of alkyl halides is 2. The standard InChI is InChI=1S/C21H18F2N6O2/c22-20(23)12-2-1-6-29-15(12)8-14(27-29)18-17-13(24-9-25-17)5-7-28(18)21(30)19-16(11-3-4-11)26-10-31-19/h1-2,6,8-11,18,20H,3-5,7H2,(H,24,25)/t18-/m0/s1. The molecule has 158 valence electrons. The Balaban J connectivity index is 1.47. The molecule has 1 aliphatic carbocycles. The van der Waals surface area contributed by atoms with Gasteiger partial charge in [-0.25, -0.2) is 23.3 Å². The summed E-state index contributed by atoms with van der Waals surface area (Å²) in [6.07, 6.45) is 4.45. The first-order chi connectivity index (χ1) is 15.1. The Morgan fingerprint density at radius 1 is 1.26 bits per heavy atom. The fourth-order valence-electron chi connectivity index (χ4n) is 4.36. The van der Waals surface area contributed by atoms with Gasteiger partial charge in [0.05, 0.1) is 28.9 Å². The van der Waals surface area contributed by atoms with E-state index in [1.165, 1.54) is 23.0 Å². The molecule has 8 nitrogen and oxygen atoms in total. The number of pyridine rings is 1. The van der Waals surface area contributed by atoms with E-state index in [9.17, 15) is 13.6 Å². The van der Waals surface area contributed by atoms with Crippen molar-refractivity contribution in [3.63, 3.8) is 0 Å². The number of nitrogens with one attached hydrogen (secondary N) is 1. The first-order valence-corrected chi connectivity index (χ1v) is 10.1. The van der Waals surface area contributed by atoms with Crippen LogP contribution in [0.2, 0.25) is 0 Å². The highest BCUT2D eigenvalue weighted by Gasteiger charge is 2.40. The molecule has 1 atom stereocenters. The van der Waals surface area contributed by atoms with E-state index in [0.717, 1.165) is 18.5 Å². The molecule has 31 heavy (non-hydrogen) atoms. The van der Waals surface area contributed by atoms with Crippen LogP contribution in [0.25, 0.3) is 5.52 Å². The Morgan fingerprint density at radius 3 is 2.94 bits per heavy atom. The molecule has 1 amide bonds. The Labute approximate surface area is 174 Å². The molecule has 0 aromatic carbocycles. The number of carbonyl (C=O) groups excluding carboxylic acids is 1. The number of aromatic nitrogens is 5. The lowest BCUT2D eigenvalue weighted by Gasteiger charge is -2.33. The number of oxazole rings is 1. The van der Waals surface area contributed by atoms with Gasteiger partial charge < -0.3 is 14.3 Å². The Hall–Kier alpha value is -3.56. The van der Waals surface area contributed by atoms with Gasteiger partial charge in [-0.15, -0.1) is 0 Å². The summed E-state index contributed by atoms with van der Waals surface area (Å²) in [5.74, 6) is 0.207. The van der Waals surface area contributed by atoms with Gasteiger partial charge in [0.2, 0.25) is 5.76 Å². The van der Waals surface area contributed by atoms with Crippen LogP contribution in [0, 0.1) is 0 Å². The summed E-state index contributed by atoms with van der Waals surface area (Å²) in [4.78, 5) is 27.0. The maximum atomic E-state index is 13.5. The number of halogens is 2. The first-order valence-electron chi connectivity index (χ1n) is 10.1. The van der Waals surface area contributed by atoms with E-state index in [2.05, 4.69) is 20.1 Å². The van der Waals surface area contributed by atoms with Crippen molar-refractivity contribution in [2.45, 2.75) is 37.6 Å². The Bertz CT molecular complexity index is 1290. The van der Waals surface area contributed by atoms with Crippen molar-refractivity contribution in [1.29, 1.82) is 0 Å². The third-order valence-electron chi connectivity index (χ3n) is 6.01. The molecule has 4 aromatic rings. The van der Waals surface area contributed by atoms with E-state index in [-0.39, 0.29) is 23.1 Å². The van der Waals surface area contributed by atoms with Crippen molar-refractivity contribution in [3.8, 4) is 0 Å². The summed E-state index contributed by atoms with van der Waals surface area (Å²) >= 11 is 0. The number of imidazole rings is 1. The van der Waals surface area contributed by atoms with Gasteiger partial charge in [0.1, 0.15) is 6.04 Å². The van der Waals surface area contributed by atoms with Gasteiger partial charge in [-0.1, -0.05) is 0 Å². The second-order valence-electron chi connectivity index (χ2n) is 7.92. The zero-order valence-corrected chi connectivity index (χ0v) is 16.3. The average Bonchev–Trinajstić information content (AvgIpc) is 3.19. The average molecular weight is 424 g/mol. The summed E-state index contributed by atoms with van der Waals surface area (Å²) in [5, 5.41) is 4.53. The predicted octanol–water partition coefficient (Wildman–Crippen LogP) is 3.65. The van der Waals surface area contributed by atoms with Crippen molar-refractivity contribution in [2.75, 3.05) is 6.54 Å². The lowest BCUT2D eigenvalue weighted by Crippen LogP contribution is -2.41. The van der Waals surface area contributed by atoms with E-state index in [1.807, 2.05) is 0 Å². The molecule has 10 heteroatoms. The molecule has 1 aliphatic heterocycles. The summed E-state index contributed by atoms with van der Waals surface area (Å²) in [7, 11) is 0. The van der Waals surface area contributed by atoms with Gasteiger partial charge in [-0.3, -0.25) is 4.79 Å². The van der Waals surface area contributed by atoms with Gasteiger partial charge in [-0.2, -0.15) is 5.10 Å². The largest absolute Gasteiger partial charge is 0.438 e. The van der Waals surface area contributed by atoms with Crippen molar-refractivity contribution in [3.05, 3.63) is 71.2 Å². The fraction of sp³-hybridized carbons (Fsp3) is 0.333. The molecule has 1 N–H and O–H groups in total. The minimum atomic E-state index is -2.63. The highest BCUT2D eigenvalue weighted by atomic mass is 19.3. The highest BCUT2D eigenvalue weighted by molar-refractivity contribution is 5.93. The molecule has 2 aliphatic rings. The third-order valence-corrected chi connectivity index (χ3v) is 6.01. The molecular weight excluding hydrogens is 406 g/mol. The molecule has 0 unspecified atom stereocenters. The van der Waals surface area contributed by atoms with Gasteiger partial charge in [0, 0.05) is 36.3 Å². The zero-order valence-electron chi connectivity index (χ0n) is 16.3. The minimum Gasteiger partial charge on any atom is -0.438 e. The molecule has 1 fully saturated rings. The third kappa shape index (κ3) is 2.85. The maximum absolute atomic E-state index is 13.5. The fourth-order valence-corrected chi connectivity index (χ4v) is 4.36. The number of carbonyl (C=O) groups is 1. The Morgan fingerprint density at radius 2 is 2.13 bits per heavy atom. The van der Waals surface area contributed by atoms with Crippen LogP contribution in [0.3, 0.4) is 0 Å². The molecule has 6 rings (SSSR count). The normalized spacial score (nSPS) is 18.7. The lowest BCUT2D eigenvalue weighted by molar-refractivity contribution is 0.0652. The smallest absolute Gasteiger partial charge is 0.292 e. The zero-order chi connectivity index (χ0) is 21.1. The van der Waals surface area contributed by atoms with E-state index in [0.29, 0.717) is 35.6 Å². The van der Waals surface area contributed by atoms with Gasteiger partial charge in [-0.05, 0) is 31.0 Å². The van der Waals surface area contributed by atoms with E-state index in [1.54, 1.807) is 23.5 Å². The second-order valence-corrected chi connectivity index (χ2v) is 7.92. The number of rotatable bonds is 4. The van der Waals surface area contributed by atoms with Gasteiger partial charge in [0.25, 0.3) is 12.3 Å². The quantitative estimate of drug-likeness (QED) is 0.540. The van der Waals surface area contributed by atoms with E-state index in [4.69, 9.17) is 4.42 Å². The molecule has 0 radical (unpaired) electrons. The number of aromatic amines is 1. The SMILES string of the molecule is O=C(c1ocnc1C1CC1)N1CCc2[nH]cnc2[C@@H]1c1cc2c(C(F)F)cccn2n1. The Kier molecular flexibility index (Phi) is 3.95. The number of nitrogens with zero attached hydrogens (tertiary/aromatic N) is 5. The number of H-pyrrole nitrogens is 1. The van der Waals surface area contributed by atoms with Crippen molar-refractivity contribution < 1.29 is 18.0 Å². The molecule has 4 aromatic heterocycles. The van der Waals surface area contributed by atoms with Crippen LogP contribution >= 0.6 is 0 Å². The second kappa shape index (κ2) is 6.73. The van der Waals surface area contributed by atoms with Crippen molar-refractivity contribution >= 4 is 11.4 Å². The predicted molar refractivity (Wildman–Crippen MR) is 104 cm³/mol. The lowest BCUT2D eigenvalue weighted by atomic mass is 9.98. The van der Waals surface area contributed by atoms with Crippen molar-refractivity contribution in [2.24, 2.45) is 0 Å². The number of hydrogen-bond donors (Lipinski definition) is 1. The number of fused-ring (bicyclic) bond motifs is 2. The highest BCUT2D eigenvalue weighted by Crippen LogP contribution is 2.42. The number of amides is 1. The summed E-state index contributed by atoms with van der Waals surface area (Å²) < 4.78 is 33.9. The topological polar surface area (TPSA) is 92.3 Å². The van der Waals surface area contributed by atoms with Gasteiger partial charge >= 0.3 is 0 Å². The van der Waals surface area contributed by atoms with Crippen LogP contribution < -0.4 is 0 Å². The van der Waals surface area contributed by atoms with Crippen molar-refractivity contribution in [1.82, 2.24) is 29.5 Å². The monoisotopic (exact) mass is 424 g/mol. The van der Waals surface area contributed by atoms with Crippen LogP contribution in [-0.2, 0) is 6.42 Å². The molecule has 0 spiro atoms. The van der Waals surface area contributed by atoms with E-state index < -0.39 is 12.5 Å². The van der Waals surface area contributed by atoms with E-state index >= 15 is 0 Å². The maximum Gasteiger partial charge on any atom is 0.292 e. The van der Waals surface area contributed by atoms with Crippen LogP contribution in [0.15, 0.2) is 41.5 Å². The molecule has 0 bridgehead atoms. The molecule has 1 saturated carbocycles. The van der Waals surface area contributed by atoms with Crippen LogP contribution in [0.1, 0.15) is 70.1 Å². The van der Waals surface area contributed by atoms with Gasteiger partial charge in [0.15, 0.2) is 6.39 Å². The molecule has 5 heterocycles. The molecular formula is C21H18F2N6O2.